The first kappa shape index (κ1) is 22.0. The second-order valence-corrected chi connectivity index (χ2v) is 9.57. The molecule has 0 radical (unpaired) electrons. The molecule has 1 aliphatic heterocycles. The highest BCUT2D eigenvalue weighted by atomic mass is 79.9. The van der Waals surface area contributed by atoms with Gasteiger partial charge in [0.2, 0.25) is 0 Å². The summed E-state index contributed by atoms with van der Waals surface area (Å²) < 4.78 is 2.67. The molecule has 7 nitrogen and oxygen atoms in total. The SMILES string of the molecule is Cc1cc(Br)cc2c1N(C(=O)c1cc(Br)nn1-c1ncccc1Cl)CN(C(C)C)C2=O. The van der Waals surface area contributed by atoms with E-state index in [-0.39, 0.29) is 30.2 Å². The van der Waals surface area contributed by atoms with Gasteiger partial charge in [0.15, 0.2) is 5.82 Å². The third-order valence-electron chi connectivity index (χ3n) is 5.03. The van der Waals surface area contributed by atoms with E-state index in [4.69, 9.17) is 11.6 Å². The summed E-state index contributed by atoms with van der Waals surface area (Å²) in [5.74, 6) is -0.0783. The quantitative estimate of drug-likeness (QED) is 0.435. The first-order valence-corrected chi connectivity index (χ1v) is 11.4. The number of carbonyl (C=O) groups is 2. The van der Waals surface area contributed by atoms with Crippen LogP contribution in [0.4, 0.5) is 5.69 Å². The van der Waals surface area contributed by atoms with Crippen molar-refractivity contribution in [3.05, 3.63) is 67.4 Å². The molecular formula is C21H18Br2ClN5O2. The summed E-state index contributed by atoms with van der Waals surface area (Å²) in [5, 5.41) is 4.74. The van der Waals surface area contributed by atoms with Gasteiger partial charge in [-0.05, 0) is 66.5 Å². The predicted molar refractivity (Wildman–Crippen MR) is 126 cm³/mol. The third-order valence-corrected chi connectivity index (χ3v) is 6.17. The Kier molecular flexibility index (Phi) is 5.93. The monoisotopic (exact) mass is 565 g/mol. The summed E-state index contributed by atoms with van der Waals surface area (Å²) in [6.07, 6.45) is 1.59. The maximum atomic E-state index is 13.8. The van der Waals surface area contributed by atoms with Crippen LogP contribution in [-0.4, -0.2) is 44.2 Å². The number of aromatic nitrogens is 3. The largest absolute Gasteiger partial charge is 0.318 e. The van der Waals surface area contributed by atoms with Crippen molar-refractivity contribution in [2.24, 2.45) is 0 Å². The van der Waals surface area contributed by atoms with E-state index in [9.17, 15) is 9.59 Å². The van der Waals surface area contributed by atoms with Crippen LogP contribution in [0.3, 0.4) is 0 Å². The van der Waals surface area contributed by atoms with Crippen molar-refractivity contribution < 1.29 is 9.59 Å². The Labute approximate surface area is 201 Å². The molecule has 0 unspecified atom stereocenters. The lowest BCUT2D eigenvalue weighted by Gasteiger charge is -2.39. The van der Waals surface area contributed by atoms with Crippen molar-refractivity contribution in [3.8, 4) is 5.82 Å². The molecule has 0 atom stereocenters. The minimum Gasteiger partial charge on any atom is -0.318 e. The number of hydrogen-bond donors (Lipinski definition) is 0. The third kappa shape index (κ3) is 3.90. The maximum Gasteiger partial charge on any atom is 0.278 e. The number of anilines is 1. The van der Waals surface area contributed by atoms with Gasteiger partial charge in [-0.3, -0.25) is 14.5 Å². The van der Waals surface area contributed by atoms with E-state index in [2.05, 4.69) is 41.9 Å². The fourth-order valence-electron chi connectivity index (χ4n) is 3.60. The number of amides is 2. The smallest absolute Gasteiger partial charge is 0.278 e. The first-order valence-electron chi connectivity index (χ1n) is 9.48. The van der Waals surface area contributed by atoms with Gasteiger partial charge in [-0.25, -0.2) is 9.67 Å². The molecule has 0 aliphatic carbocycles. The van der Waals surface area contributed by atoms with Crippen LogP contribution in [0, 0.1) is 6.92 Å². The summed E-state index contributed by atoms with van der Waals surface area (Å²) in [6.45, 7) is 5.85. The van der Waals surface area contributed by atoms with Crippen molar-refractivity contribution in [3.63, 3.8) is 0 Å². The normalized spacial score (nSPS) is 13.7. The van der Waals surface area contributed by atoms with E-state index in [0.29, 0.717) is 26.7 Å². The zero-order valence-electron chi connectivity index (χ0n) is 16.9. The molecule has 1 aromatic carbocycles. The molecule has 1 aliphatic rings. The Morgan fingerprint density at radius 1 is 1.23 bits per heavy atom. The number of fused-ring (bicyclic) bond motifs is 1. The number of halogens is 3. The second-order valence-electron chi connectivity index (χ2n) is 7.44. The van der Waals surface area contributed by atoms with Crippen LogP contribution < -0.4 is 4.90 Å². The fraction of sp³-hybridized carbons (Fsp3) is 0.238. The van der Waals surface area contributed by atoms with Gasteiger partial charge in [-0.15, -0.1) is 0 Å². The van der Waals surface area contributed by atoms with Crippen LogP contribution in [0.2, 0.25) is 5.02 Å². The second kappa shape index (κ2) is 8.37. The zero-order valence-corrected chi connectivity index (χ0v) is 20.9. The number of hydrogen-bond acceptors (Lipinski definition) is 4. The van der Waals surface area contributed by atoms with Gasteiger partial charge in [0.05, 0.1) is 16.3 Å². The van der Waals surface area contributed by atoms with E-state index >= 15 is 0 Å². The van der Waals surface area contributed by atoms with Crippen LogP contribution in [0.25, 0.3) is 5.82 Å². The first-order chi connectivity index (χ1) is 14.7. The standard InChI is InChI=1S/C21H18Br2ClN5O2/c1-11(2)27-10-28(18-12(3)7-13(22)8-14(18)20(27)30)21(31)16-9-17(23)26-29(16)19-15(24)5-4-6-25-19/h4-9,11H,10H2,1-3H3. The summed E-state index contributed by atoms with van der Waals surface area (Å²) in [5.41, 5.74) is 2.15. The van der Waals surface area contributed by atoms with Crippen LogP contribution >= 0.6 is 43.5 Å². The van der Waals surface area contributed by atoms with Gasteiger partial charge in [-0.2, -0.15) is 5.10 Å². The predicted octanol–water partition coefficient (Wildman–Crippen LogP) is 5.22. The zero-order chi connectivity index (χ0) is 22.4. The van der Waals surface area contributed by atoms with Gasteiger partial charge in [0.25, 0.3) is 11.8 Å². The van der Waals surface area contributed by atoms with Crippen molar-refractivity contribution in [2.45, 2.75) is 26.8 Å². The maximum absolute atomic E-state index is 13.8. The van der Waals surface area contributed by atoms with Gasteiger partial charge < -0.3 is 4.90 Å². The lowest BCUT2D eigenvalue weighted by atomic mass is 10.0. The van der Waals surface area contributed by atoms with Crippen molar-refractivity contribution in [2.75, 3.05) is 11.6 Å². The molecule has 31 heavy (non-hydrogen) atoms. The van der Waals surface area contributed by atoms with Crippen molar-refractivity contribution in [1.29, 1.82) is 0 Å². The van der Waals surface area contributed by atoms with Crippen molar-refractivity contribution >= 4 is 61.0 Å². The summed E-state index contributed by atoms with van der Waals surface area (Å²) in [7, 11) is 0. The molecule has 0 bridgehead atoms. The summed E-state index contributed by atoms with van der Waals surface area (Å²) in [6, 6.07) is 8.57. The Bertz CT molecular complexity index is 1210. The van der Waals surface area contributed by atoms with Gasteiger partial charge in [0.1, 0.15) is 17.0 Å². The molecule has 10 heteroatoms. The number of rotatable bonds is 3. The van der Waals surface area contributed by atoms with E-state index in [1.165, 1.54) is 4.68 Å². The molecule has 2 aromatic heterocycles. The number of nitrogens with zero attached hydrogens (tertiary/aromatic N) is 5. The van der Waals surface area contributed by atoms with Crippen molar-refractivity contribution in [1.82, 2.24) is 19.7 Å². The molecule has 0 N–H and O–H groups in total. The van der Waals surface area contributed by atoms with Gasteiger partial charge >= 0.3 is 0 Å². The van der Waals surface area contributed by atoms with E-state index in [0.717, 1.165) is 10.0 Å². The molecule has 0 fully saturated rings. The van der Waals surface area contributed by atoms with Crippen LogP contribution in [0.1, 0.15) is 40.3 Å². The van der Waals surface area contributed by atoms with Gasteiger partial charge in [-0.1, -0.05) is 27.5 Å². The molecule has 160 valence electrons. The minimum atomic E-state index is -0.315. The highest BCUT2D eigenvalue weighted by Crippen LogP contribution is 2.36. The highest BCUT2D eigenvalue weighted by molar-refractivity contribution is 9.10. The topological polar surface area (TPSA) is 71.3 Å². The Balaban J connectivity index is 1.88. The molecule has 3 aromatic rings. The Morgan fingerprint density at radius 2 is 1.97 bits per heavy atom. The Hall–Kier alpha value is -2.23. The molecule has 0 saturated heterocycles. The summed E-state index contributed by atoms with van der Waals surface area (Å²) >= 11 is 13.1. The highest BCUT2D eigenvalue weighted by Gasteiger charge is 2.37. The van der Waals surface area contributed by atoms with E-state index in [1.807, 2.05) is 26.8 Å². The molecule has 0 saturated carbocycles. The lowest BCUT2D eigenvalue weighted by molar-refractivity contribution is 0.0677. The number of carbonyl (C=O) groups excluding carboxylic acids is 2. The minimum absolute atomic E-state index is 0.0860. The average Bonchev–Trinajstić information content (AvgIpc) is 3.09. The van der Waals surface area contributed by atoms with Crippen LogP contribution in [0.5, 0.6) is 0 Å². The van der Waals surface area contributed by atoms with Crippen LogP contribution in [0.15, 0.2) is 45.6 Å². The molecule has 0 spiro atoms. The number of aryl methyl sites for hydroxylation is 1. The lowest BCUT2D eigenvalue weighted by Crippen LogP contribution is -2.52. The van der Waals surface area contributed by atoms with E-state index < -0.39 is 0 Å². The molecule has 4 rings (SSSR count). The van der Waals surface area contributed by atoms with Gasteiger partial charge in [0, 0.05) is 22.8 Å². The molecular weight excluding hydrogens is 550 g/mol. The number of pyridine rings is 1. The fourth-order valence-corrected chi connectivity index (χ4v) is 4.75. The Morgan fingerprint density at radius 3 is 2.65 bits per heavy atom. The van der Waals surface area contributed by atoms with Crippen LogP contribution in [-0.2, 0) is 0 Å². The molecule has 3 heterocycles. The number of benzene rings is 1. The summed E-state index contributed by atoms with van der Waals surface area (Å²) in [4.78, 5) is 34.5. The molecule has 2 amide bonds. The average molecular weight is 568 g/mol. The van der Waals surface area contributed by atoms with E-state index in [1.54, 1.807) is 40.3 Å².